The molecule has 1 heterocycles. The highest BCUT2D eigenvalue weighted by Crippen LogP contribution is 2.39. The van der Waals surface area contributed by atoms with E-state index < -0.39 is 11.7 Å². The fourth-order valence-electron chi connectivity index (χ4n) is 2.90. The number of aromatic amines is 1. The maximum Gasteiger partial charge on any atom is 0.419 e. The van der Waals surface area contributed by atoms with Gasteiger partial charge in [0, 0.05) is 37.8 Å². The van der Waals surface area contributed by atoms with Crippen molar-refractivity contribution < 1.29 is 22.6 Å². The van der Waals surface area contributed by atoms with Crippen LogP contribution < -0.4 is 4.74 Å². The fraction of sp³-hybridized carbons (Fsp3) is 0.550. The van der Waals surface area contributed by atoms with Gasteiger partial charge >= 0.3 is 6.18 Å². The quantitative estimate of drug-likeness (QED) is 0.555. The van der Waals surface area contributed by atoms with Crippen LogP contribution in [0.2, 0.25) is 0 Å². The van der Waals surface area contributed by atoms with E-state index in [1.54, 1.807) is 12.3 Å². The molecule has 1 N–H and O–H groups in total. The molecule has 2 aromatic rings. The zero-order valence-corrected chi connectivity index (χ0v) is 16.6. The lowest BCUT2D eigenvalue weighted by Crippen LogP contribution is -2.19. The van der Waals surface area contributed by atoms with Gasteiger partial charge in [-0.2, -0.15) is 18.3 Å². The van der Waals surface area contributed by atoms with Crippen LogP contribution in [-0.4, -0.2) is 49.0 Å². The highest BCUT2D eigenvalue weighted by Gasteiger charge is 2.35. The number of rotatable bonds is 11. The summed E-state index contributed by atoms with van der Waals surface area (Å²) in [5, 5.41) is 6.88. The second-order valence-corrected chi connectivity index (χ2v) is 6.77. The van der Waals surface area contributed by atoms with Crippen LogP contribution in [0, 0.1) is 0 Å². The summed E-state index contributed by atoms with van der Waals surface area (Å²) >= 11 is 0. The van der Waals surface area contributed by atoms with Gasteiger partial charge in [0.1, 0.15) is 5.75 Å². The first-order valence-electron chi connectivity index (χ1n) is 9.41. The van der Waals surface area contributed by atoms with Crippen LogP contribution in [0.25, 0.3) is 11.3 Å². The average molecular weight is 399 g/mol. The van der Waals surface area contributed by atoms with E-state index in [9.17, 15) is 13.2 Å². The Labute approximate surface area is 163 Å². The first kappa shape index (κ1) is 22.2. The molecule has 5 nitrogen and oxygen atoms in total. The van der Waals surface area contributed by atoms with Gasteiger partial charge in [-0.05, 0) is 38.2 Å². The van der Waals surface area contributed by atoms with Crippen LogP contribution >= 0.6 is 0 Å². The van der Waals surface area contributed by atoms with Gasteiger partial charge in [-0.3, -0.25) is 5.10 Å². The molecule has 0 amide bonds. The molecule has 156 valence electrons. The Kier molecular flexibility index (Phi) is 8.32. The normalized spacial score (nSPS) is 12.0. The lowest BCUT2D eigenvalue weighted by molar-refractivity contribution is -0.138. The first-order valence-corrected chi connectivity index (χ1v) is 9.41. The Balaban J connectivity index is 2.24. The van der Waals surface area contributed by atoms with Gasteiger partial charge in [0.25, 0.3) is 0 Å². The lowest BCUT2D eigenvalue weighted by atomic mass is 10.0. The molecule has 0 spiro atoms. The lowest BCUT2D eigenvalue weighted by Gasteiger charge is -2.17. The van der Waals surface area contributed by atoms with Gasteiger partial charge in [0.15, 0.2) is 0 Å². The molecule has 8 heteroatoms. The number of halogens is 3. The number of methoxy groups -OCH3 is 1. The minimum absolute atomic E-state index is 0.161. The molecule has 1 aromatic carbocycles. The first-order chi connectivity index (χ1) is 13.4. The highest BCUT2D eigenvalue weighted by atomic mass is 19.4. The molecule has 0 aliphatic rings. The molecule has 0 unspecified atom stereocenters. The van der Waals surface area contributed by atoms with Crippen molar-refractivity contribution in [3.63, 3.8) is 0 Å². The summed E-state index contributed by atoms with van der Waals surface area (Å²) in [7, 11) is 3.53. The zero-order chi connectivity index (χ0) is 20.6. The predicted octanol–water partition coefficient (Wildman–Crippen LogP) is 4.74. The number of nitrogens with one attached hydrogen (secondary N) is 1. The highest BCUT2D eigenvalue weighted by molar-refractivity contribution is 5.65. The summed E-state index contributed by atoms with van der Waals surface area (Å²) in [6.45, 7) is 4.25. The molecule has 1 aromatic heterocycles. The summed E-state index contributed by atoms with van der Waals surface area (Å²) in [5.41, 5.74) is 1.11. The minimum Gasteiger partial charge on any atom is -0.493 e. The van der Waals surface area contributed by atoms with Crippen LogP contribution in [0.5, 0.6) is 5.75 Å². The van der Waals surface area contributed by atoms with Gasteiger partial charge in [-0.25, -0.2) is 0 Å². The van der Waals surface area contributed by atoms with Crippen LogP contribution in [0.15, 0.2) is 24.4 Å². The molecule has 2 rings (SSSR count). The molecule has 0 bridgehead atoms. The molecule has 0 radical (unpaired) electrons. The Morgan fingerprint density at radius 1 is 1.18 bits per heavy atom. The van der Waals surface area contributed by atoms with E-state index in [4.69, 9.17) is 9.47 Å². The Bertz CT molecular complexity index is 732. The van der Waals surface area contributed by atoms with Crippen molar-refractivity contribution in [1.82, 2.24) is 15.1 Å². The van der Waals surface area contributed by atoms with Crippen LogP contribution in [0.3, 0.4) is 0 Å². The predicted molar refractivity (Wildman–Crippen MR) is 102 cm³/mol. The van der Waals surface area contributed by atoms with Crippen molar-refractivity contribution in [3.8, 4) is 17.0 Å². The van der Waals surface area contributed by atoms with Crippen molar-refractivity contribution in [2.75, 3.05) is 33.9 Å². The Morgan fingerprint density at radius 2 is 1.96 bits per heavy atom. The number of benzene rings is 1. The average Bonchev–Trinajstić information content (AvgIpc) is 3.11. The van der Waals surface area contributed by atoms with Crippen LogP contribution in [0.1, 0.15) is 37.3 Å². The van der Waals surface area contributed by atoms with Crippen LogP contribution in [-0.2, 0) is 17.5 Å². The van der Waals surface area contributed by atoms with E-state index in [0.717, 1.165) is 31.0 Å². The molecular weight excluding hydrogens is 371 g/mol. The number of hydrogen-bond donors (Lipinski definition) is 1. The molecule has 0 atom stereocenters. The number of aromatic nitrogens is 2. The van der Waals surface area contributed by atoms with Gasteiger partial charge in [0.05, 0.1) is 24.1 Å². The smallest absolute Gasteiger partial charge is 0.419 e. The number of unbranched alkanes of at least 4 members (excludes halogenated alkanes) is 1. The van der Waals surface area contributed by atoms with E-state index in [1.807, 2.05) is 7.05 Å². The molecule has 28 heavy (non-hydrogen) atoms. The second kappa shape index (κ2) is 10.5. The number of H-pyrrole nitrogens is 1. The van der Waals surface area contributed by atoms with Crippen molar-refractivity contribution in [3.05, 3.63) is 35.5 Å². The van der Waals surface area contributed by atoms with Gasteiger partial charge < -0.3 is 14.4 Å². The third-order valence-electron chi connectivity index (χ3n) is 4.38. The van der Waals surface area contributed by atoms with E-state index in [0.29, 0.717) is 30.8 Å². The third-order valence-corrected chi connectivity index (χ3v) is 4.38. The maximum absolute atomic E-state index is 13.6. The van der Waals surface area contributed by atoms with E-state index >= 15 is 0 Å². The molecule has 0 saturated carbocycles. The summed E-state index contributed by atoms with van der Waals surface area (Å²) in [6, 6.07) is 4.12. The van der Waals surface area contributed by atoms with Gasteiger partial charge in [-0.1, -0.05) is 13.3 Å². The monoisotopic (exact) mass is 399 g/mol. The van der Waals surface area contributed by atoms with E-state index in [-0.39, 0.29) is 12.4 Å². The third kappa shape index (κ3) is 6.24. The summed E-state index contributed by atoms with van der Waals surface area (Å²) in [4.78, 5) is 2.13. The Morgan fingerprint density at radius 3 is 2.64 bits per heavy atom. The molecule has 0 saturated heterocycles. The number of ether oxygens (including phenoxy) is 2. The largest absolute Gasteiger partial charge is 0.493 e. The van der Waals surface area contributed by atoms with Crippen LogP contribution in [0.4, 0.5) is 13.2 Å². The summed E-state index contributed by atoms with van der Waals surface area (Å²) in [6.07, 6.45) is -0.171. The number of nitrogens with zero attached hydrogens (tertiary/aromatic N) is 2. The summed E-state index contributed by atoms with van der Waals surface area (Å²) < 4.78 is 50.9. The minimum atomic E-state index is -4.51. The fourth-order valence-corrected chi connectivity index (χ4v) is 2.90. The van der Waals surface area contributed by atoms with Crippen molar-refractivity contribution in [2.24, 2.45) is 0 Å². The van der Waals surface area contributed by atoms with Crippen molar-refractivity contribution in [1.29, 1.82) is 0 Å². The summed E-state index contributed by atoms with van der Waals surface area (Å²) in [5.74, 6) is -0.173. The van der Waals surface area contributed by atoms with Gasteiger partial charge in [-0.15, -0.1) is 0 Å². The molecule has 0 aliphatic carbocycles. The van der Waals surface area contributed by atoms with E-state index in [1.165, 1.54) is 13.2 Å². The van der Waals surface area contributed by atoms with Crippen molar-refractivity contribution >= 4 is 0 Å². The molecule has 0 fully saturated rings. The zero-order valence-electron chi connectivity index (χ0n) is 16.6. The second-order valence-electron chi connectivity index (χ2n) is 6.77. The molecule has 0 aliphatic heterocycles. The molecular formula is C20H28F3N3O2. The standard InChI is InChI=1S/C20H28F3N3O2/c1-4-5-9-26(2)14-16-13-24-25-19(16)15-7-8-18(28-11-6-10-27-3)17(12-15)20(21,22)23/h7-8,12-13H,4-6,9-11,14H2,1-3H3,(H,24,25). The Hall–Kier alpha value is -2.06. The van der Waals surface area contributed by atoms with E-state index in [2.05, 4.69) is 22.0 Å². The number of alkyl halides is 3. The number of hydrogen-bond acceptors (Lipinski definition) is 4. The van der Waals surface area contributed by atoms with Gasteiger partial charge in [0.2, 0.25) is 0 Å². The maximum atomic E-state index is 13.6. The topological polar surface area (TPSA) is 50.4 Å². The van der Waals surface area contributed by atoms with Crippen molar-refractivity contribution in [2.45, 2.75) is 38.9 Å². The SMILES string of the molecule is CCCCN(C)Cc1cn[nH]c1-c1ccc(OCCCOC)c(C(F)(F)F)c1.